The van der Waals surface area contributed by atoms with E-state index < -0.39 is 0 Å². The van der Waals surface area contributed by atoms with Crippen molar-refractivity contribution in [3.63, 3.8) is 0 Å². The fourth-order valence-electron chi connectivity index (χ4n) is 2.86. The minimum Gasteiger partial charge on any atom is -0.338 e. The van der Waals surface area contributed by atoms with E-state index in [9.17, 15) is 4.39 Å². The third-order valence-electron chi connectivity index (χ3n) is 4.23. The smallest absolute Gasteiger partial charge is 0.237 e. The zero-order valence-corrected chi connectivity index (χ0v) is 15.8. The largest absolute Gasteiger partial charge is 0.338 e. The normalized spacial score (nSPS) is 11.2. The van der Waals surface area contributed by atoms with Crippen molar-refractivity contribution in [2.45, 2.75) is 10.8 Å². The lowest BCUT2D eigenvalue weighted by Crippen LogP contribution is -1.98. The quantitative estimate of drug-likeness (QED) is 0.319. The Morgan fingerprint density at radius 2 is 1.83 bits per heavy atom. The van der Waals surface area contributed by atoms with Gasteiger partial charge in [0, 0.05) is 5.56 Å². The zero-order chi connectivity index (χ0) is 19.6. The molecule has 5 rings (SSSR count). The summed E-state index contributed by atoms with van der Waals surface area (Å²) < 4.78 is 20.2. The second-order valence-corrected chi connectivity index (χ2v) is 7.08. The summed E-state index contributed by atoms with van der Waals surface area (Å²) >= 11 is 1.46. The molecule has 0 atom stereocenters. The summed E-state index contributed by atoms with van der Waals surface area (Å²) in [4.78, 5) is 13.1. The van der Waals surface area contributed by atoms with E-state index in [-0.39, 0.29) is 5.82 Å². The SMILES string of the molecule is Fc1ccc(-n2ncc3c(SCc4nc(-c5ccccc5)no4)ncnc32)cc1. The molecule has 0 saturated carbocycles. The van der Waals surface area contributed by atoms with Crippen LogP contribution >= 0.6 is 11.8 Å². The van der Waals surface area contributed by atoms with Gasteiger partial charge in [-0.05, 0) is 24.3 Å². The highest BCUT2D eigenvalue weighted by Gasteiger charge is 2.14. The lowest BCUT2D eigenvalue weighted by Gasteiger charge is -2.03. The first-order valence-corrected chi connectivity index (χ1v) is 9.72. The topological polar surface area (TPSA) is 82.5 Å². The molecule has 142 valence electrons. The van der Waals surface area contributed by atoms with E-state index in [0.717, 1.165) is 21.7 Å². The van der Waals surface area contributed by atoms with E-state index in [4.69, 9.17) is 4.52 Å². The van der Waals surface area contributed by atoms with Gasteiger partial charge in [-0.25, -0.2) is 19.0 Å². The second-order valence-electron chi connectivity index (χ2n) is 6.12. The molecule has 0 bridgehead atoms. The van der Waals surface area contributed by atoms with Gasteiger partial charge in [-0.3, -0.25) is 0 Å². The van der Waals surface area contributed by atoms with E-state index in [1.54, 1.807) is 23.0 Å². The van der Waals surface area contributed by atoms with Crippen LogP contribution in [-0.2, 0) is 5.75 Å². The molecule has 0 aliphatic carbocycles. The van der Waals surface area contributed by atoms with E-state index in [1.807, 2.05) is 30.3 Å². The molecule has 0 aliphatic heterocycles. The van der Waals surface area contributed by atoms with Crippen molar-refractivity contribution >= 4 is 22.8 Å². The van der Waals surface area contributed by atoms with Crippen LogP contribution in [0, 0.1) is 5.82 Å². The van der Waals surface area contributed by atoms with E-state index >= 15 is 0 Å². The maximum absolute atomic E-state index is 13.2. The fraction of sp³-hybridized carbons (Fsp3) is 0.0500. The van der Waals surface area contributed by atoms with Gasteiger partial charge in [0.2, 0.25) is 11.7 Å². The number of halogens is 1. The molecule has 0 N–H and O–H groups in total. The predicted octanol–water partition coefficient (Wildman–Crippen LogP) is 4.30. The number of nitrogens with zero attached hydrogens (tertiary/aromatic N) is 6. The summed E-state index contributed by atoms with van der Waals surface area (Å²) in [6, 6.07) is 15.7. The van der Waals surface area contributed by atoms with Crippen molar-refractivity contribution in [2.75, 3.05) is 0 Å². The maximum atomic E-state index is 13.2. The molecule has 0 fully saturated rings. The third kappa shape index (κ3) is 3.47. The van der Waals surface area contributed by atoms with Crippen LogP contribution in [-0.4, -0.2) is 29.9 Å². The van der Waals surface area contributed by atoms with Gasteiger partial charge >= 0.3 is 0 Å². The predicted molar refractivity (Wildman–Crippen MR) is 106 cm³/mol. The van der Waals surface area contributed by atoms with Gasteiger partial charge in [0.25, 0.3) is 0 Å². The molecule has 0 radical (unpaired) electrons. The van der Waals surface area contributed by atoms with Crippen molar-refractivity contribution in [3.05, 3.63) is 78.8 Å². The molecule has 7 nitrogen and oxygen atoms in total. The van der Waals surface area contributed by atoms with Crippen molar-refractivity contribution in [1.29, 1.82) is 0 Å². The Hall–Kier alpha value is -3.59. The summed E-state index contributed by atoms with van der Waals surface area (Å²) in [5.41, 5.74) is 2.27. The van der Waals surface area contributed by atoms with Crippen molar-refractivity contribution in [1.82, 2.24) is 29.9 Å². The summed E-state index contributed by atoms with van der Waals surface area (Å²) in [7, 11) is 0. The fourth-order valence-corrected chi connectivity index (χ4v) is 3.66. The Morgan fingerprint density at radius 3 is 2.66 bits per heavy atom. The van der Waals surface area contributed by atoms with Gasteiger partial charge in [-0.1, -0.05) is 47.3 Å². The molecule has 0 amide bonds. The van der Waals surface area contributed by atoms with Crippen LogP contribution in [0.25, 0.3) is 28.1 Å². The summed E-state index contributed by atoms with van der Waals surface area (Å²) in [6.45, 7) is 0. The average Bonchev–Trinajstić information content (AvgIpc) is 3.41. The molecular weight excluding hydrogens is 391 g/mol. The minimum absolute atomic E-state index is 0.300. The van der Waals surface area contributed by atoms with Crippen LogP contribution in [0.4, 0.5) is 4.39 Å². The van der Waals surface area contributed by atoms with Gasteiger partial charge in [0.15, 0.2) is 5.65 Å². The lowest BCUT2D eigenvalue weighted by molar-refractivity contribution is 0.391. The number of aromatic nitrogens is 6. The number of thioether (sulfide) groups is 1. The first-order chi connectivity index (χ1) is 14.3. The van der Waals surface area contributed by atoms with Crippen LogP contribution in [0.5, 0.6) is 0 Å². The lowest BCUT2D eigenvalue weighted by atomic mass is 10.2. The van der Waals surface area contributed by atoms with Crippen molar-refractivity contribution in [2.24, 2.45) is 0 Å². The van der Waals surface area contributed by atoms with E-state index in [2.05, 4.69) is 25.2 Å². The second kappa shape index (κ2) is 7.44. The summed E-state index contributed by atoms with van der Waals surface area (Å²) in [6.07, 6.45) is 3.18. The van der Waals surface area contributed by atoms with Gasteiger partial charge in [-0.15, -0.1) is 0 Å². The number of rotatable bonds is 5. The molecule has 0 spiro atoms. The molecule has 3 heterocycles. The highest BCUT2D eigenvalue weighted by atomic mass is 32.2. The van der Waals surface area contributed by atoms with Gasteiger partial charge in [-0.2, -0.15) is 10.1 Å². The highest BCUT2D eigenvalue weighted by Crippen LogP contribution is 2.28. The molecule has 0 aliphatic rings. The van der Waals surface area contributed by atoms with Gasteiger partial charge in [0.05, 0.1) is 23.0 Å². The first-order valence-electron chi connectivity index (χ1n) is 8.73. The molecule has 2 aromatic carbocycles. The minimum atomic E-state index is -0.300. The molecule has 29 heavy (non-hydrogen) atoms. The summed E-state index contributed by atoms with van der Waals surface area (Å²) in [5, 5.41) is 9.96. The standard InChI is InChI=1S/C20H13FN6OS/c21-14-6-8-15(9-7-14)27-19-16(10-24-27)20(23-12-22-19)29-11-17-25-18(26-28-17)13-4-2-1-3-5-13/h1-10,12H,11H2. The first kappa shape index (κ1) is 17.5. The molecule has 3 aromatic heterocycles. The van der Waals surface area contributed by atoms with E-state index in [1.165, 1.54) is 30.2 Å². The Labute approximate surface area is 168 Å². The van der Waals surface area contributed by atoms with Crippen molar-refractivity contribution < 1.29 is 8.91 Å². The van der Waals surface area contributed by atoms with Crippen LogP contribution in [0.15, 0.2) is 76.7 Å². The van der Waals surface area contributed by atoms with Crippen LogP contribution in [0.3, 0.4) is 0 Å². The van der Waals surface area contributed by atoms with Crippen LogP contribution in [0.2, 0.25) is 0 Å². The van der Waals surface area contributed by atoms with Gasteiger partial charge in [0.1, 0.15) is 17.2 Å². The van der Waals surface area contributed by atoms with Crippen LogP contribution in [0.1, 0.15) is 5.89 Å². The Kier molecular flexibility index (Phi) is 4.49. The van der Waals surface area contributed by atoms with Crippen molar-refractivity contribution in [3.8, 4) is 17.1 Å². The zero-order valence-electron chi connectivity index (χ0n) is 14.9. The van der Waals surface area contributed by atoms with Crippen LogP contribution < -0.4 is 0 Å². The Bertz CT molecular complexity index is 1270. The average molecular weight is 404 g/mol. The Balaban J connectivity index is 1.39. The van der Waals surface area contributed by atoms with E-state index in [0.29, 0.717) is 23.1 Å². The summed E-state index contributed by atoms with van der Waals surface area (Å²) in [5.74, 6) is 1.23. The molecule has 0 unspecified atom stereocenters. The molecule has 0 saturated heterocycles. The highest BCUT2D eigenvalue weighted by molar-refractivity contribution is 7.98. The Morgan fingerprint density at radius 1 is 1.00 bits per heavy atom. The number of fused-ring (bicyclic) bond motifs is 1. The number of hydrogen-bond acceptors (Lipinski definition) is 7. The number of benzene rings is 2. The molecular formula is C20H13FN6OS. The molecule has 5 aromatic rings. The molecule has 9 heteroatoms. The number of hydrogen-bond donors (Lipinski definition) is 0. The van der Waals surface area contributed by atoms with Gasteiger partial charge < -0.3 is 4.52 Å². The third-order valence-corrected chi connectivity index (χ3v) is 5.22. The maximum Gasteiger partial charge on any atom is 0.237 e. The monoisotopic (exact) mass is 404 g/mol.